The highest BCUT2D eigenvalue weighted by molar-refractivity contribution is 6.10. The van der Waals surface area contributed by atoms with E-state index in [1.807, 2.05) is 30.3 Å². The Bertz CT molecular complexity index is 739. The first kappa shape index (κ1) is 22.7. The van der Waals surface area contributed by atoms with Crippen molar-refractivity contribution in [1.29, 1.82) is 0 Å². The molecule has 0 atom stereocenters. The van der Waals surface area contributed by atoms with Crippen LogP contribution in [0.3, 0.4) is 0 Å². The second-order valence-electron chi connectivity index (χ2n) is 7.76. The van der Waals surface area contributed by atoms with Crippen LogP contribution in [0.25, 0.3) is 0 Å². The highest BCUT2D eigenvalue weighted by Gasteiger charge is 2.37. The van der Waals surface area contributed by atoms with Crippen molar-refractivity contribution in [3.8, 4) is 0 Å². The van der Waals surface area contributed by atoms with Crippen LogP contribution in [0.1, 0.15) is 64.9 Å². The molecule has 0 unspecified atom stereocenters. The van der Waals surface area contributed by atoms with Gasteiger partial charge in [-0.1, -0.05) is 74.5 Å². The number of amides is 1. The van der Waals surface area contributed by atoms with E-state index in [4.69, 9.17) is 9.57 Å². The van der Waals surface area contributed by atoms with Crippen LogP contribution in [-0.2, 0) is 20.8 Å². The van der Waals surface area contributed by atoms with Gasteiger partial charge in [0.15, 0.2) is 5.60 Å². The van der Waals surface area contributed by atoms with Gasteiger partial charge in [0.2, 0.25) is 5.78 Å². The zero-order chi connectivity index (χ0) is 21.1. The normalized spacial score (nSPS) is 15.6. The molecule has 0 aliphatic carbocycles. The van der Waals surface area contributed by atoms with Crippen LogP contribution in [-0.4, -0.2) is 29.7 Å². The molecule has 6 nitrogen and oxygen atoms in total. The van der Waals surface area contributed by atoms with E-state index in [1.165, 1.54) is 31.8 Å². The number of hydrogen-bond acceptors (Lipinski definition) is 5. The maximum atomic E-state index is 12.1. The van der Waals surface area contributed by atoms with Gasteiger partial charge in [-0.2, -0.15) is 0 Å². The maximum absolute atomic E-state index is 12.1. The molecule has 1 aliphatic heterocycles. The molecule has 0 saturated carbocycles. The van der Waals surface area contributed by atoms with Crippen molar-refractivity contribution in [3.05, 3.63) is 47.7 Å². The Kier molecular flexibility index (Phi) is 8.90. The van der Waals surface area contributed by atoms with Crippen molar-refractivity contribution in [2.45, 2.75) is 71.3 Å². The number of hydrogen-bond donors (Lipinski definition) is 1. The number of benzene rings is 1. The molecule has 0 aromatic heterocycles. The summed E-state index contributed by atoms with van der Waals surface area (Å²) in [6.45, 7) is 6.15. The number of ketones is 1. The second kappa shape index (κ2) is 11.4. The predicted molar refractivity (Wildman–Crippen MR) is 114 cm³/mol. The maximum Gasteiger partial charge on any atom is 0.433 e. The third-order valence-electron chi connectivity index (χ3n) is 4.76. The third kappa shape index (κ3) is 7.72. The first-order valence-corrected chi connectivity index (χ1v) is 10.4. The fraction of sp³-hybridized carbons (Fsp3) is 0.522. The highest BCUT2D eigenvalue weighted by atomic mass is 16.7. The minimum absolute atomic E-state index is 0.138. The lowest BCUT2D eigenvalue weighted by Gasteiger charge is -2.18. The van der Waals surface area contributed by atoms with Crippen LogP contribution in [0.4, 0.5) is 4.79 Å². The number of allylic oxidation sites excluding steroid dienone is 1. The third-order valence-corrected chi connectivity index (χ3v) is 4.76. The number of carbonyl (C=O) groups excluding carboxylic acids is 2. The smallest absolute Gasteiger partial charge is 0.433 e. The van der Waals surface area contributed by atoms with Gasteiger partial charge in [-0.05, 0) is 25.8 Å². The van der Waals surface area contributed by atoms with Crippen molar-refractivity contribution in [1.82, 2.24) is 5.32 Å². The van der Waals surface area contributed by atoms with Crippen molar-refractivity contribution in [2.75, 3.05) is 6.54 Å². The molecule has 2 rings (SSSR count). The summed E-state index contributed by atoms with van der Waals surface area (Å²) in [5.41, 5.74) is 0.446. The number of oxime groups is 1. The molecule has 0 bridgehead atoms. The molecule has 0 fully saturated rings. The molecule has 6 heteroatoms. The summed E-state index contributed by atoms with van der Waals surface area (Å²) in [5.74, 6) is 0.202. The van der Waals surface area contributed by atoms with Crippen LogP contribution in [0.5, 0.6) is 0 Å². The highest BCUT2D eigenvalue weighted by Crippen LogP contribution is 2.26. The molecule has 1 N–H and O–H groups in total. The molecule has 158 valence electrons. The van der Waals surface area contributed by atoms with E-state index in [0.29, 0.717) is 24.4 Å². The number of nitrogens with one attached hydrogen (secondary N) is 1. The molecule has 0 saturated heterocycles. The van der Waals surface area contributed by atoms with Crippen LogP contribution < -0.4 is 5.32 Å². The van der Waals surface area contributed by atoms with E-state index in [-0.39, 0.29) is 5.78 Å². The van der Waals surface area contributed by atoms with Crippen molar-refractivity contribution < 1.29 is 19.2 Å². The average Bonchev–Trinajstić information content (AvgIpc) is 2.97. The number of nitrogens with zero attached hydrogens (tertiary/aromatic N) is 1. The summed E-state index contributed by atoms with van der Waals surface area (Å²) in [5, 5.41) is 6.71. The number of rotatable bonds is 11. The van der Waals surface area contributed by atoms with Gasteiger partial charge in [0.25, 0.3) is 0 Å². The van der Waals surface area contributed by atoms with Gasteiger partial charge >= 0.3 is 6.09 Å². The van der Waals surface area contributed by atoms with Gasteiger partial charge < -0.3 is 10.1 Å². The Hall–Kier alpha value is -2.63. The van der Waals surface area contributed by atoms with E-state index >= 15 is 0 Å². The molecule has 1 aromatic carbocycles. The van der Waals surface area contributed by atoms with Gasteiger partial charge in [-0.25, -0.2) is 4.79 Å². The minimum atomic E-state index is -0.938. The van der Waals surface area contributed by atoms with Gasteiger partial charge in [-0.15, -0.1) is 0 Å². The van der Waals surface area contributed by atoms with Crippen LogP contribution in [0.2, 0.25) is 0 Å². The predicted octanol–water partition coefficient (Wildman–Crippen LogP) is 4.93. The van der Waals surface area contributed by atoms with Crippen LogP contribution in [0, 0.1) is 0 Å². The summed E-state index contributed by atoms with van der Waals surface area (Å²) < 4.78 is 5.74. The molecule has 1 aromatic rings. The lowest BCUT2D eigenvalue weighted by atomic mass is 10.1. The molecule has 1 amide bonds. The van der Waals surface area contributed by atoms with Crippen LogP contribution in [0.15, 0.2) is 47.3 Å². The Labute approximate surface area is 173 Å². The molecule has 29 heavy (non-hydrogen) atoms. The van der Waals surface area contributed by atoms with Gasteiger partial charge in [-0.3, -0.25) is 9.63 Å². The Morgan fingerprint density at radius 3 is 2.45 bits per heavy atom. The van der Waals surface area contributed by atoms with E-state index in [0.717, 1.165) is 18.4 Å². The van der Waals surface area contributed by atoms with Crippen LogP contribution >= 0.6 is 0 Å². The Balaban J connectivity index is 1.91. The molecule has 0 radical (unpaired) electrons. The van der Waals surface area contributed by atoms with Gasteiger partial charge in [0, 0.05) is 19.0 Å². The summed E-state index contributed by atoms with van der Waals surface area (Å²) in [6.07, 6.45) is 8.09. The van der Waals surface area contributed by atoms with Crippen molar-refractivity contribution in [2.24, 2.45) is 5.16 Å². The standard InChI is InChI=1S/C23H32N2O4/c1-4-5-6-7-8-12-15-24-22(27)29-25-19(16-18-13-10-9-11-14-18)20-17-21(26)23(2,3)28-20/h9-11,13-14,17H,4-8,12,15-16H2,1-3H3,(H,24,27). The molecule has 0 spiro atoms. The summed E-state index contributed by atoms with van der Waals surface area (Å²) in [6, 6.07) is 9.64. The zero-order valence-electron chi connectivity index (χ0n) is 17.7. The Morgan fingerprint density at radius 2 is 1.79 bits per heavy atom. The summed E-state index contributed by atoms with van der Waals surface area (Å²) >= 11 is 0. The average molecular weight is 401 g/mol. The fourth-order valence-electron chi connectivity index (χ4n) is 2.97. The lowest BCUT2D eigenvalue weighted by Crippen LogP contribution is -2.29. The number of carbonyl (C=O) groups is 2. The lowest BCUT2D eigenvalue weighted by molar-refractivity contribution is -0.126. The minimum Gasteiger partial charge on any atom is -0.478 e. The van der Waals surface area contributed by atoms with E-state index < -0.39 is 11.7 Å². The largest absolute Gasteiger partial charge is 0.478 e. The molecular weight excluding hydrogens is 368 g/mol. The topological polar surface area (TPSA) is 77.0 Å². The zero-order valence-corrected chi connectivity index (χ0v) is 17.7. The van der Waals surface area contributed by atoms with E-state index in [1.54, 1.807) is 13.8 Å². The van der Waals surface area contributed by atoms with Gasteiger partial charge in [0.05, 0.1) is 0 Å². The van der Waals surface area contributed by atoms with E-state index in [2.05, 4.69) is 17.4 Å². The second-order valence-corrected chi connectivity index (χ2v) is 7.76. The quantitative estimate of drug-likeness (QED) is 0.247. The van der Waals surface area contributed by atoms with Crippen molar-refractivity contribution in [3.63, 3.8) is 0 Å². The summed E-state index contributed by atoms with van der Waals surface area (Å²) in [7, 11) is 0. The SMILES string of the molecule is CCCCCCCCNC(=O)ON=C(Cc1ccccc1)C1=CC(=O)C(C)(C)O1. The first-order valence-electron chi connectivity index (χ1n) is 10.4. The van der Waals surface area contributed by atoms with Crippen molar-refractivity contribution >= 4 is 17.6 Å². The Morgan fingerprint density at radius 1 is 1.10 bits per heavy atom. The molecule has 1 heterocycles. The number of ether oxygens (including phenoxy) is 1. The fourth-order valence-corrected chi connectivity index (χ4v) is 2.97. The summed E-state index contributed by atoms with van der Waals surface area (Å²) in [4.78, 5) is 29.1. The monoisotopic (exact) mass is 400 g/mol. The number of unbranched alkanes of at least 4 members (excludes halogenated alkanes) is 5. The van der Waals surface area contributed by atoms with E-state index in [9.17, 15) is 9.59 Å². The first-order chi connectivity index (χ1) is 13.9. The molecular formula is C23H32N2O4. The van der Waals surface area contributed by atoms with Gasteiger partial charge in [0.1, 0.15) is 11.5 Å². The molecule has 1 aliphatic rings.